The number of amides is 2. The van der Waals surface area contributed by atoms with Crippen LogP contribution in [-0.4, -0.2) is 58.8 Å². The number of hydrogen-bond donors (Lipinski definition) is 1. The molecule has 0 bridgehead atoms. The highest BCUT2D eigenvalue weighted by Gasteiger charge is 2.22. The maximum absolute atomic E-state index is 12.9. The Balaban J connectivity index is 0.000000166. The minimum atomic E-state index is -0.351. The lowest BCUT2D eigenvalue weighted by atomic mass is 10.0. The van der Waals surface area contributed by atoms with Crippen molar-refractivity contribution in [2.24, 2.45) is 0 Å². The van der Waals surface area contributed by atoms with E-state index in [4.69, 9.17) is 0 Å². The van der Waals surface area contributed by atoms with E-state index in [0.717, 1.165) is 30.9 Å². The first-order chi connectivity index (χ1) is 14.0. The Morgan fingerprint density at radius 2 is 2.00 bits per heavy atom. The van der Waals surface area contributed by atoms with Crippen LogP contribution in [-0.2, 0) is 11.3 Å². The second-order valence-corrected chi connectivity index (χ2v) is 7.05. The van der Waals surface area contributed by atoms with E-state index in [1.807, 2.05) is 19.3 Å². The number of rotatable bonds is 3. The summed E-state index contributed by atoms with van der Waals surface area (Å²) in [4.78, 5) is 33.7. The minimum absolute atomic E-state index is 0.0157. The number of hydrogen-bond acceptors (Lipinski definition) is 5. The molecule has 0 radical (unpaired) electrons. The Labute approximate surface area is 169 Å². The summed E-state index contributed by atoms with van der Waals surface area (Å²) in [5, 5.41) is 2.58. The molecule has 2 aromatic rings. The van der Waals surface area contributed by atoms with Crippen LogP contribution >= 0.6 is 0 Å². The fraction of sp³-hybridized carbons (Fsp3) is 0.333. The molecule has 0 saturated carbocycles. The van der Waals surface area contributed by atoms with Gasteiger partial charge in [-0.15, -0.1) is 0 Å². The van der Waals surface area contributed by atoms with Gasteiger partial charge in [0.25, 0.3) is 0 Å². The van der Waals surface area contributed by atoms with E-state index in [0.29, 0.717) is 17.5 Å². The number of anilines is 1. The molecule has 2 aliphatic heterocycles. The third-order valence-corrected chi connectivity index (χ3v) is 4.75. The first-order valence-electron chi connectivity index (χ1n) is 9.41. The van der Waals surface area contributed by atoms with Gasteiger partial charge in [0, 0.05) is 36.7 Å². The Hall–Kier alpha value is -3.13. The minimum Gasteiger partial charge on any atom is -0.313 e. The third-order valence-electron chi connectivity index (χ3n) is 4.75. The summed E-state index contributed by atoms with van der Waals surface area (Å²) in [7, 11) is 2.14. The van der Waals surface area contributed by atoms with Crippen molar-refractivity contribution in [1.29, 1.82) is 0 Å². The van der Waals surface area contributed by atoms with Crippen molar-refractivity contribution in [3.8, 4) is 0 Å². The molecule has 0 unspecified atom stereocenters. The Morgan fingerprint density at radius 3 is 2.69 bits per heavy atom. The normalized spacial score (nSPS) is 16.2. The average Bonchev–Trinajstić information content (AvgIpc) is 2.70. The summed E-state index contributed by atoms with van der Waals surface area (Å²) in [5.74, 6) is 0.481. The molecule has 1 aromatic carbocycles. The van der Waals surface area contributed by atoms with Crippen molar-refractivity contribution >= 4 is 23.6 Å². The highest BCUT2D eigenvalue weighted by molar-refractivity contribution is 5.93. The number of aldehydes is 1. The van der Waals surface area contributed by atoms with Gasteiger partial charge in [0.2, 0.25) is 0 Å². The number of nitrogens with one attached hydrogen (secondary N) is 1. The summed E-state index contributed by atoms with van der Waals surface area (Å²) < 4.78 is 12.9. The number of aromatic nitrogens is 2. The second kappa shape index (κ2) is 9.38. The molecule has 7 nitrogen and oxygen atoms in total. The summed E-state index contributed by atoms with van der Waals surface area (Å²) in [6.45, 7) is 4.34. The molecule has 1 N–H and O–H groups in total. The lowest BCUT2D eigenvalue weighted by Crippen LogP contribution is -2.39. The quantitative estimate of drug-likeness (QED) is 0.806. The van der Waals surface area contributed by atoms with Gasteiger partial charge < -0.3 is 19.9 Å². The predicted octanol–water partition coefficient (Wildman–Crippen LogP) is 2.88. The molecular formula is C21H24FN5O2. The number of benzene rings is 1. The topological polar surface area (TPSA) is 78.4 Å². The van der Waals surface area contributed by atoms with E-state index in [2.05, 4.69) is 33.3 Å². The lowest BCUT2D eigenvalue weighted by Gasteiger charge is -2.27. The Morgan fingerprint density at radius 1 is 1.24 bits per heavy atom. The monoisotopic (exact) mass is 397 g/mol. The molecule has 1 aromatic heterocycles. The molecule has 0 saturated heterocycles. The van der Waals surface area contributed by atoms with Crippen molar-refractivity contribution in [2.75, 3.05) is 32.0 Å². The van der Waals surface area contributed by atoms with Gasteiger partial charge in [0.05, 0.1) is 13.1 Å². The van der Waals surface area contributed by atoms with Gasteiger partial charge in [0.1, 0.15) is 17.9 Å². The number of carbonyl (C=O) groups excluding carboxylic acids is 2. The Kier molecular flexibility index (Phi) is 6.66. The van der Waals surface area contributed by atoms with Gasteiger partial charge in [-0.1, -0.05) is 6.08 Å². The van der Waals surface area contributed by atoms with Crippen LogP contribution in [0.2, 0.25) is 0 Å². The van der Waals surface area contributed by atoms with Crippen molar-refractivity contribution in [1.82, 2.24) is 19.8 Å². The van der Waals surface area contributed by atoms with E-state index in [9.17, 15) is 14.0 Å². The first-order valence-corrected chi connectivity index (χ1v) is 9.41. The smallest absolute Gasteiger partial charge is 0.313 e. The standard InChI is InChI=1S/C11H15N3.C10H9FN2O2/c1-9-12-6-11(7-13-9)10-4-3-5-14(2)8-10;11-8-1-2-9-7(5-8)6-13(3-4-14)10(15)12-9/h4,6-7H,3,5,8H2,1-2H3;1-2,4-5H,3,6H2,(H,12,15). The van der Waals surface area contributed by atoms with Gasteiger partial charge in [-0.05, 0) is 49.7 Å². The molecule has 2 aliphatic rings. The van der Waals surface area contributed by atoms with E-state index >= 15 is 0 Å². The fourth-order valence-electron chi connectivity index (χ4n) is 3.19. The Bertz CT molecular complexity index is 914. The molecule has 152 valence electrons. The third kappa shape index (κ3) is 5.45. The summed E-state index contributed by atoms with van der Waals surface area (Å²) in [6.07, 6.45) is 7.87. The number of nitrogens with zero attached hydrogens (tertiary/aromatic N) is 4. The summed E-state index contributed by atoms with van der Waals surface area (Å²) in [5.41, 5.74) is 3.78. The zero-order valence-corrected chi connectivity index (χ0v) is 16.6. The predicted molar refractivity (Wildman–Crippen MR) is 109 cm³/mol. The molecule has 0 spiro atoms. The highest BCUT2D eigenvalue weighted by Crippen LogP contribution is 2.23. The molecule has 0 aliphatic carbocycles. The second-order valence-electron chi connectivity index (χ2n) is 7.05. The SMILES string of the molecule is Cc1ncc(C2=CCCN(C)C2)cn1.O=CCN1Cc2cc(F)ccc2NC1=O. The van der Waals surface area contributed by atoms with Crippen LogP contribution in [0.25, 0.3) is 5.57 Å². The number of carbonyl (C=O) groups is 2. The molecule has 2 amide bonds. The van der Waals surface area contributed by atoms with Gasteiger partial charge in [-0.2, -0.15) is 0 Å². The van der Waals surface area contributed by atoms with Crippen molar-refractivity contribution in [3.63, 3.8) is 0 Å². The average molecular weight is 397 g/mol. The number of fused-ring (bicyclic) bond motifs is 1. The van der Waals surface area contributed by atoms with Gasteiger partial charge >= 0.3 is 6.03 Å². The number of halogens is 1. The van der Waals surface area contributed by atoms with Crippen LogP contribution < -0.4 is 5.32 Å². The molecule has 4 rings (SSSR count). The maximum atomic E-state index is 12.9. The molecular weight excluding hydrogens is 373 g/mol. The molecule has 29 heavy (non-hydrogen) atoms. The van der Waals surface area contributed by atoms with Crippen molar-refractivity contribution in [3.05, 3.63) is 59.4 Å². The van der Waals surface area contributed by atoms with Crippen LogP contribution in [0.5, 0.6) is 0 Å². The summed E-state index contributed by atoms with van der Waals surface area (Å²) in [6, 6.07) is 3.82. The lowest BCUT2D eigenvalue weighted by molar-refractivity contribution is -0.108. The van der Waals surface area contributed by atoms with Crippen LogP contribution in [0.1, 0.15) is 23.4 Å². The van der Waals surface area contributed by atoms with Crippen LogP contribution in [0.3, 0.4) is 0 Å². The first kappa shape index (κ1) is 20.6. The largest absolute Gasteiger partial charge is 0.322 e. The van der Waals surface area contributed by atoms with E-state index < -0.39 is 0 Å². The van der Waals surface area contributed by atoms with Crippen LogP contribution in [0.4, 0.5) is 14.9 Å². The van der Waals surface area contributed by atoms with Gasteiger partial charge in [0.15, 0.2) is 0 Å². The van der Waals surface area contributed by atoms with Crippen molar-refractivity contribution in [2.45, 2.75) is 19.9 Å². The zero-order valence-electron chi connectivity index (χ0n) is 16.6. The number of likely N-dealkylation sites (N-methyl/N-ethyl adjacent to an activating group) is 1. The van der Waals surface area contributed by atoms with Gasteiger partial charge in [-0.25, -0.2) is 19.2 Å². The van der Waals surface area contributed by atoms with E-state index in [1.165, 1.54) is 28.7 Å². The number of aryl methyl sites for hydroxylation is 1. The molecule has 3 heterocycles. The maximum Gasteiger partial charge on any atom is 0.322 e. The molecule has 0 fully saturated rings. The molecule has 0 atom stereocenters. The van der Waals surface area contributed by atoms with Crippen LogP contribution in [0.15, 0.2) is 36.7 Å². The molecule has 8 heteroatoms. The van der Waals surface area contributed by atoms with Crippen molar-refractivity contribution < 1.29 is 14.0 Å². The van der Waals surface area contributed by atoms with E-state index in [-0.39, 0.29) is 24.9 Å². The fourth-order valence-corrected chi connectivity index (χ4v) is 3.19. The zero-order chi connectivity index (χ0) is 20.8. The van der Waals surface area contributed by atoms with Crippen LogP contribution in [0, 0.1) is 12.7 Å². The highest BCUT2D eigenvalue weighted by atomic mass is 19.1. The number of urea groups is 1. The summed E-state index contributed by atoms with van der Waals surface area (Å²) >= 11 is 0. The van der Waals surface area contributed by atoms with Gasteiger partial charge in [-0.3, -0.25) is 0 Å². The van der Waals surface area contributed by atoms with E-state index in [1.54, 1.807) is 0 Å².